The van der Waals surface area contributed by atoms with Crippen LogP contribution < -0.4 is 0 Å². The molecule has 136 valence electrons. The zero-order valence-corrected chi connectivity index (χ0v) is 15.3. The van der Waals surface area contributed by atoms with Gasteiger partial charge in [-0.15, -0.1) is 5.10 Å². The molecule has 0 spiro atoms. The third-order valence-corrected chi connectivity index (χ3v) is 5.47. The van der Waals surface area contributed by atoms with E-state index in [4.69, 9.17) is 4.74 Å². The second-order valence-electron chi connectivity index (χ2n) is 5.74. The summed E-state index contributed by atoms with van der Waals surface area (Å²) in [6.07, 6.45) is 1.57. The highest BCUT2D eigenvalue weighted by molar-refractivity contribution is 7.89. The highest BCUT2D eigenvalue weighted by Gasteiger charge is 2.19. The summed E-state index contributed by atoms with van der Waals surface area (Å²) in [7, 11) is -0.653. The Bertz CT molecular complexity index is 1080. The number of aromatic nitrogens is 4. The quantitative estimate of drug-likeness (QED) is 0.613. The van der Waals surface area contributed by atoms with E-state index < -0.39 is 16.0 Å². The first-order chi connectivity index (χ1) is 12.3. The number of aryl methyl sites for hydroxylation is 1. The van der Waals surface area contributed by atoms with Gasteiger partial charge in [0.15, 0.2) is 0 Å². The summed E-state index contributed by atoms with van der Waals surface area (Å²) in [5.41, 5.74) is 1.32. The average Bonchev–Trinajstić information content (AvgIpc) is 3.05. The van der Waals surface area contributed by atoms with Crippen molar-refractivity contribution < 1.29 is 17.9 Å². The van der Waals surface area contributed by atoms with Crippen molar-refractivity contribution in [1.82, 2.24) is 23.9 Å². The number of carbonyl (C=O) groups excluding carboxylic acids is 1. The summed E-state index contributed by atoms with van der Waals surface area (Å²) in [6.45, 7) is 1.72. The molecule has 0 fully saturated rings. The van der Waals surface area contributed by atoms with Crippen LogP contribution in [0.2, 0.25) is 0 Å². The molecule has 9 nitrogen and oxygen atoms in total. The highest BCUT2D eigenvalue weighted by Crippen LogP contribution is 2.16. The van der Waals surface area contributed by atoms with Crippen molar-refractivity contribution in [2.75, 3.05) is 14.1 Å². The topological polar surface area (TPSA) is 107 Å². The van der Waals surface area contributed by atoms with Crippen molar-refractivity contribution >= 4 is 21.8 Å². The normalized spacial score (nSPS) is 11.8. The van der Waals surface area contributed by atoms with Gasteiger partial charge in [0.1, 0.15) is 6.61 Å². The molecule has 26 heavy (non-hydrogen) atoms. The number of benzene rings is 1. The number of esters is 1. The summed E-state index contributed by atoms with van der Waals surface area (Å²) in [5.74, 6) is -0.518. The lowest BCUT2D eigenvalue weighted by Gasteiger charge is -2.12. The van der Waals surface area contributed by atoms with Crippen LogP contribution in [0.5, 0.6) is 0 Å². The molecule has 10 heteroatoms. The average molecular weight is 375 g/mol. The number of fused-ring (bicyclic) bond motifs is 1. The van der Waals surface area contributed by atoms with E-state index in [1.54, 1.807) is 24.4 Å². The van der Waals surface area contributed by atoms with Crippen molar-refractivity contribution in [2.45, 2.75) is 18.4 Å². The Morgan fingerprint density at radius 3 is 2.73 bits per heavy atom. The molecular weight excluding hydrogens is 358 g/mol. The van der Waals surface area contributed by atoms with Crippen LogP contribution in [-0.4, -0.2) is 52.4 Å². The number of rotatable bonds is 5. The number of hydrogen-bond donors (Lipinski definition) is 0. The second-order valence-corrected chi connectivity index (χ2v) is 7.90. The molecule has 3 aromatic rings. The zero-order valence-electron chi connectivity index (χ0n) is 14.4. The molecule has 0 amide bonds. The van der Waals surface area contributed by atoms with Gasteiger partial charge < -0.3 is 4.74 Å². The molecule has 0 radical (unpaired) electrons. The molecule has 0 aliphatic rings. The smallest absolute Gasteiger partial charge is 0.378 e. The standard InChI is InChI=1S/C16H17N5O4S/c1-11-7-8-17-16-18-14(19-21(11)16)15(22)25-10-12-5-4-6-13(9-12)26(23,24)20(2)3/h4-9H,10H2,1-3H3. The van der Waals surface area contributed by atoms with Crippen LogP contribution in [0.1, 0.15) is 21.9 Å². The first-order valence-electron chi connectivity index (χ1n) is 7.66. The van der Waals surface area contributed by atoms with E-state index in [9.17, 15) is 13.2 Å². The van der Waals surface area contributed by atoms with E-state index in [0.29, 0.717) is 11.3 Å². The summed E-state index contributed by atoms with van der Waals surface area (Å²) < 4.78 is 32.1. The molecule has 2 aromatic heterocycles. The van der Waals surface area contributed by atoms with Crippen molar-refractivity contribution in [2.24, 2.45) is 0 Å². The van der Waals surface area contributed by atoms with Gasteiger partial charge in [0, 0.05) is 26.0 Å². The van der Waals surface area contributed by atoms with Gasteiger partial charge >= 0.3 is 5.97 Å². The first kappa shape index (κ1) is 18.0. The van der Waals surface area contributed by atoms with Crippen molar-refractivity contribution in [1.29, 1.82) is 0 Å². The Hall–Kier alpha value is -2.85. The summed E-state index contributed by atoms with van der Waals surface area (Å²) in [4.78, 5) is 20.4. The predicted molar refractivity (Wildman–Crippen MR) is 92.0 cm³/mol. The molecule has 0 saturated carbocycles. The fourth-order valence-corrected chi connectivity index (χ4v) is 3.19. The minimum absolute atomic E-state index is 0.0996. The number of sulfonamides is 1. The van der Waals surface area contributed by atoms with Gasteiger partial charge in [0.05, 0.1) is 4.90 Å². The molecular formula is C16H17N5O4S. The predicted octanol–water partition coefficient (Wildman–Crippen LogP) is 1.04. The molecule has 0 bridgehead atoms. The van der Waals surface area contributed by atoms with Gasteiger partial charge in [-0.05, 0) is 30.7 Å². The Morgan fingerprint density at radius 2 is 2.04 bits per heavy atom. The third kappa shape index (κ3) is 3.41. The van der Waals surface area contributed by atoms with E-state index >= 15 is 0 Å². The highest BCUT2D eigenvalue weighted by atomic mass is 32.2. The van der Waals surface area contributed by atoms with Crippen LogP contribution >= 0.6 is 0 Å². The van der Waals surface area contributed by atoms with Gasteiger partial charge in [-0.1, -0.05) is 12.1 Å². The van der Waals surface area contributed by atoms with Gasteiger partial charge in [0.2, 0.25) is 10.0 Å². The second kappa shape index (κ2) is 6.81. The molecule has 0 aliphatic carbocycles. The van der Waals surface area contributed by atoms with E-state index in [0.717, 1.165) is 10.00 Å². The number of carbonyl (C=O) groups is 1. The maximum absolute atomic E-state index is 12.2. The van der Waals surface area contributed by atoms with Crippen LogP contribution in [0.15, 0.2) is 41.4 Å². The first-order valence-corrected chi connectivity index (χ1v) is 9.10. The maximum Gasteiger partial charge on any atom is 0.378 e. The largest absolute Gasteiger partial charge is 0.455 e. The summed E-state index contributed by atoms with van der Waals surface area (Å²) in [5, 5.41) is 4.07. The van der Waals surface area contributed by atoms with E-state index in [1.165, 1.54) is 30.7 Å². The van der Waals surface area contributed by atoms with Crippen LogP contribution in [0, 0.1) is 6.92 Å². The van der Waals surface area contributed by atoms with Crippen LogP contribution in [0.25, 0.3) is 5.78 Å². The fraction of sp³-hybridized carbons (Fsp3) is 0.250. The van der Waals surface area contributed by atoms with Crippen LogP contribution in [0.3, 0.4) is 0 Å². The lowest BCUT2D eigenvalue weighted by Crippen LogP contribution is -2.22. The van der Waals surface area contributed by atoms with Gasteiger partial charge in [-0.25, -0.2) is 27.0 Å². The van der Waals surface area contributed by atoms with Gasteiger partial charge in [0.25, 0.3) is 11.6 Å². The molecule has 0 N–H and O–H groups in total. The number of nitrogens with zero attached hydrogens (tertiary/aromatic N) is 5. The van der Waals surface area contributed by atoms with Crippen molar-refractivity contribution in [3.8, 4) is 0 Å². The lowest BCUT2D eigenvalue weighted by molar-refractivity contribution is 0.0458. The maximum atomic E-state index is 12.2. The van der Waals surface area contributed by atoms with E-state index in [1.807, 2.05) is 6.92 Å². The summed E-state index contributed by atoms with van der Waals surface area (Å²) in [6, 6.07) is 7.96. The van der Waals surface area contributed by atoms with Crippen LogP contribution in [-0.2, 0) is 21.4 Å². The SMILES string of the molecule is Cc1ccnc2nc(C(=O)OCc3cccc(S(=O)(=O)N(C)C)c3)nn12. The third-order valence-electron chi connectivity index (χ3n) is 3.66. The molecule has 3 rings (SSSR count). The fourth-order valence-electron chi connectivity index (χ4n) is 2.21. The Morgan fingerprint density at radius 1 is 1.27 bits per heavy atom. The number of ether oxygens (including phenoxy) is 1. The Labute approximate surface area is 150 Å². The molecule has 0 aliphatic heterocycles. The number of hydrogen-bond acceptors (Lipinski definition) is 7. The zero-order chi connectivity index (χ0) is 18.9. The minimum Gasteiger partial charge on any atom is -0.455 e. The molecule has 2 heterocycles. The lowest BCUT2D eigenvalue weighted by atomic mass is 10.2. The van der Waals surface area contributed by atoms with E-state index in [-0.39, 0.29) is 17.3 Å². The van der Waals surface area contributed by atoms with Crippen LogP contribution in [0.4, 0.5) is 0 Å². The Balaban J connectivity index is 1.76. The van der Waals surface area contributed by atoms with Crippen molar-refractivity contribution in [3.63, 3.8) is 0 Å². The molecule has 1 aromatic carbocycles. The van der Waals surface area contributed by atoms with Gasteiger partial charge in [-0.3, -0.25) is 0 Å². The monoisotopic (exact) mass is 375 g/mol. The Kier molecular flexibility index (Phi) is 4.70. The molecule has 0 unspecified atom stereocenters. The minimum atomic E-state index is -3.56. The van der Waals surface area contributed by atoms with E-state index in [2.05, 4.69) is 15.1 Å². The molecule has 0 saturated heterocycles. The van der Waals surface area contributed by atoms with Gasteiger partial charge in [-0.2, -0.15) is 4.98 Å². The molecule has 0 atom stereocenters. The summed E-state index contributed by atoms with van der Waals surface area (Å²) >= 11 is 0. The van der Waals surface area contributed by atoms with Crippen molar-refractivity contribution in [3.05, 3.63) is 53.6 Å².